The van der Waals surface area contributed by atoms with Crippen molar-refractivity contribution in [3.63, 3.8) is 0 Å². The van der Waals surface area contributed by atoms with Crippen molar-refractivity contribution < 1.29 is 4.74 Å². The number of nitrogens with zero attached hydrogens (tertiary/aromatic N) is 2. The van der Waals surface area contributed by atoms with Crippen LogP contribution >= 0.6 is 0 Å². The van der Waals surface area contributed by atoms with Crippen LogP contribution in [-0.2, 0) is 0 Å². The Morgan fingerprint density at radius 3 is 1.42 bits per heavy atom. The summed E-state index contributed by atoms with van der Waals surface area (Å²) in [5.74, 6) is 1.74. The van der Waals surface area contributed by atoms with Gasteiger partial charge in [-0.2, -0.15) is 0 Å². The van der Waals surface area contributed by atoms with Crippen molar-refractivity contribution in [2.24, 2.45) is 0 Å². The molecule has 13 rings (SSSR count). The van der Waals surface area contributed by atoms with Crippen molar-refractivity contribution in [3.05, 3.63) is 237 Å². The third-order valence-corrected chi connectivity index (χ3v) is 13.2. The molecule has 0 atom stereocenters. The van der Waals surface area contributed by atoms with E-state index in [0.717, 1.165) is 95.2 Å². The fraction of sp³-hybridized carbons (Fsp3) is 0. The Balaban J connectivity index is 1.17. The van der Waals surface area contributed by atoms with Crippen LogP contribution in [0.1, 0.15) is 0 Å². The molecule has 0 aliphatic carbocycles. The molecule has 3 nitrogen and oxygen atoms in total. The summed E-state index contributed by atoms with van der Waals surface area (Å²) >= 11 is 0. The SMILES string of the molecule is c1ccc(-c2ccc3c(c2)Oc2cc(-n4c5ccccc5c5ccccc54)cc4c2B3c2ccc(-c3ccccc3)cc2N4c2c(-c3ccccc3)cccc2-c2ccccc2)cc1. The van der Waals surface area contributed by atoms with Gasteiger partial charge in [0.2, 0.25) is 0 Å². The molecule has 0 fully saturated rings. The number of para-hydroxylation sites is 3. The lowest BCUT2D eigenvalue weighted by molar-refractivity contribution is 0.487. The van der Waals surface area contributed by atoms with Crippen LogP contribution in [0.5, 0.6) is 11.5 Å². The summed E-state index contributed by atoms with van der Waals surface area (Å²) in [6.07, 6.45) is 0. The van der Waals surface area contributed by atoms with Gasteiger partial charge in [0.25, 0.3) is 6.71 Å². The zero-order valence-electron chi connectivity index (χ0n) is 34.9. The molecule has 0 radical (unpaired) electrons. The first kappa shape index (κ1) is 36.3. The van der Waals surface area contributed by atoms with Crippen LogP contribution in [-0.4, -0.2) is 11.3 Å². The smallest absolute Gasteiger partial charge is 0.256 e. The number of anilines is 3. The lowest BCUT2D eigenvalue weighted by Gasteiger charge is -2.42. The average Bonchev–Trinajstić information content (AvgIpc) is 3.71. The molecule has 2 aliphatic rings. The zero-order valence-corrected chi connectivity index (χ0v) is 34.9. The van der Waals surface area contributed by atoms with E-state index in [-0.39, 0.29) is 6.71 Å². The zero-order chi connectivity index (χ0) is 42.1. The van der Waals surface area contributed by atoms with Crippen molar-refractivity contribution in [3.8, 4) is 61.7 Å². The van der Waals surface area contributed by atoms with Crippen LogP contribution in [0.25, 0.3) is 72.0 Å². The first-order valence-corrected chi connectivity index (χ1v) is 22.0. The molecule has 2 aliphatic heterocycles. The highest BCUT2D eigenvalue weighted by atomic mass is 16.5. The third kappa shape index (κ3) is 5.70. The lowest BCUT2D eigenvalue weighted by atomic mass is 9.34. The Morgan fingerprint density at radius 2 is 0.844 bits per heavy atom. The molecule has 11 aromatic rings. The van der Waals surface area contributed by atoms with Gasteiger partial charge in [0.05, 0.1) is 22.4 Å². The maximum absolute atomic E-state index is 7.33. The maximum atomic E-state index is 7.33. The second-order valence-corrected chi connectivity index (χ2v) is 16.8. The third-order valence-electron chi connectivity index (χ3n) is 13.2. The van der Waals surface area contributed by atoms with Gasteiger partial charge in [-0.1, -0.05) is 200 Å². The minimum Gasteiger partial charge on any atom is -0.458 e. The van der Waals surface area contributed by atoms with Gasteiger partial charge in [-0.15, -0.1) is 0 Å². The van der Waals surface area contributed by atoms with Crippen molar-refractivity contribution in [2.45, 2.75) is 0 Å². The Labute approximate surface area is 372 Å². The van der Waals surface area contributed by atoms with Crippen LogP contribution in [0.3, 0.4) is 0 Å². The van der Waals surface area contributed by atoms with E-state index in [4.69, 9.17) is 4.74 Å². The molecule has 0 spiro atoms. The van der Waals surface area contributed by atoms with Crippen LogP contribution in [0.4, 0.5) is 17.1 Å². The van der Waals surface area contributed by atoms with E-state index in [1.54, 1.807) is 0 Å². The summed E-state index contributed by atoms with van der Waals surface area (Å²) in [6.45, 7) is -0.0917. The molecular formula is C60H39BN2O. The number of benzene rings is 10. The fourth-order valence-corrected chi connectivity index (χ4v) is 10.4. The van der Waals surface area contributed by atoms with E-state index in [2.05, 4.69) is 246 Å². The first-order valence-electron chi connectivity index (χ1n) is 22.0. The summed E-state index contributed by atoms with van der Waals surface area (Å²) in [7, 11) is 0. The number of ether oxygens (including phenoxy) is 1. The Bertz CT molecular complexity index is 3470. The van der Waals surface area contributed by atoms with Crippen molar-refractivity contribution in [1.82, 2.24) is 4.57 Å². The standard InChI is InChI=1S/C60H39BN2O/c1-5-18-40(19-6-1)44-32-34-51-55(36-44)63(60-47(42-22-9-3-10-23-42)28-17-29-48(60)43-24-11-4-12-25-43)56-38-46(62-53-30-15-13-26-49(53)50-27-14-16-31-54(50)62)39-58-59(56)61(51)52-35-33-45(37-57(52)64-58)41-20-7-2-8-21-41/h1-39H. The Hall–Kier alpha value is -8.34. The molecule has 3 heterocycles. The van der Waals surface area contributed by atoms with Gasteiger partial charge in [0.1, 0.15) is 11.5 Å². The van der Waals surface area contributed by atoms with Crippen LogP contribution in [0, 0.1) is 0 Å². The normalized spacial score (nSPS) is 12.4. The minimum atomic E-state index is -0.0917. The molecule has 1 aromatic heterocycles. The van der Waals surface area contributed by atoms with E-state index < -0.39 is 0 Å². The lowest BCUT2D eigenvalue weighted by Crippen LogP contribution is -2.59. The minimum absolute atomic E-state index is 0.0917. The quantitative estimate of drug-likeness (QED) is 0.156. The van der Waals surface area contributed by atoms with E-state index in [9.17, 15) is 0 Å². The summed E-state index contributed by atoms with van der Waals surface area (Å²) in [6, 6.07) is 85.9. The highest BCUT2D eigenvalue weighted by Gasteiger charge is 2.43. The second kappa shape index (κ2) is 14.6. The Kier molecular flexibility index (Phi) is 8.32. The van der Waals surface area contributed by atoms with E-state index in [1.807, 2.05) is 0 Å². The highest BCUT2D eigenvalue weighted by molar-refractivity contribution is 6.99. The van der Waals surface area contributed by atoms with Gasteiger partial charge in [0.15, 0.2) is 0 Å². The molecule has 64 heavy (non-hydrogen) atoms. The van der Waals surface area contributed by atoms with Crippen LogP contribution in [0.2, 0.25) is 0 Å². The van der Waals surface area contributed by atoms with Gasteiger partial charge >= 0.3 is 0 Å². The number of hydrogen-bond acceptors (Lipinski definition) is 2. The predicted octanol–water partition coefficient (Wildman–Crippen LogP) is 13.9. The largest absolute Gasteiger partial charge is 0.458 e. The summed E-state index contributed by atoms with van der Waals surface area (Å²) < 4.78 is 9.75. The van der Waals surface area contributed by atoms with Crippen LogP contribution < -0.4 is 26.0 Å². The molecule has 0 unspecified atom stereocenters. The fourth-order valence-electron chi connectivity index (χ4n) is 10.4. The van der Waals surface area contributed by atoms with E-state index in [1.165, 1.54) is 21.8 Å². The van der Waals surface area contributed by atoms with Crippen LogP contribution in [0.15, 0.2) is 237 Å². The van der Waals surface area contributed by atoms with Crippen molar-refractivity contribution in [2.75, 3.05) is 4.90 Å². The number of hydrogen-bond donors (Lipinski definition) is 0. The summed E-state index contributed by atoms with van der Waals surface area (Å²) in [5.41, 5.74) is 19.5. The number of rotatable bonds is 6. The molecular weight excluding hydrogens is 775 g/mol. The molecule has 0 amide bonds. The van der Waals surface area contributed by atoms with Gasteiger partial charge in [-0.05, 0) is 80.1 Å². The molecule has 0 bridgehead atoms. The highest BCUT2D eigenvalue weighted by Crippen LogP contribution is 2.50. The summed E-state index contributed by atoms with van der Waals surface area (Å²) in [5, 5.41) is 2.44. The second-order valence-electron chi connectivity index (χ2n) is 16.8. The maximum Gasteiger partial charge on any atom is 0.256 e. The number of aromatic nitrogens is 1. The predicted molar refractivity (Wildman–Crippen MR) is 268 cm³/mol. The number of fused-ring (bicyclic) bond motifs is 7. The molecule has 0 N–H and O–H groups in total. The summed E-state index contributed by atoms with van der Waals surface area (Å²) in [4.78, 5) is 2.56. The topological polar surface area (TPSA) is 17.4 Å². The molecule has 0 saturated heterocycles. The monoisotopic (exact) mass is 814 g/mol. The van der Waals surface area contributed by atoms with Crippen molar-refractivity contribution >= 4 is 62.0 Å². The average molecular weight is 815 g/mol. The molecule has 298 valence electrons. The van der Waals surface area contributed by atoms with Gasteiger partial charge < -0.3 is 14.2 Å². The van der Waals surface area contributed by atoms with Gasteiger partial charge in [-0.25, -0.2) is 0 Å². The molecule has 0 saturated carbocycles. The molecule has 10 aromatic carbocycles. The Morgan fingerprint density at radius 1 is 0.344 bits per heavy atom. The van der Waals surface area contributed by atoms with E-state index in [0.29, 0.717) is 0 Å². The molecule has 4 heteroatoms. The van der Waals surface area contributed by atoms with Gasteiger partial charge in [0, 0.05) is 39.3 Å². The van der Waals surface area contributed by atoms with Crippen molar-refractivity contribution in [1.29, 1.82) is 0 Å². The van der Waals surface area contributed by atoms with Gasteiger partial charge in [-0.3, -0.25) is 0 Å². The first-order chi connectivity index (χ1) is 31.8. The van der Waals surface area contributed by atoms with E-state index >= 15 is 0 Å².